The topological polar surface area (TPSA) is 70.7 Å². The third-order valence-electron chi connectivity index (χ3n) is 4.05. The number of carbonyl (C=O) groups is 1. The fraction of sp³-hybridized carbons (Fsp3) is 0.0952. The van der Waals surface area contributed by atoms with Crippen molar-refractivity contribution >= 4 is 29.3 Å². The molecule has 0 aliphatic heterocycles. The van der Waals surface area contributed by atoms with E-state index in [-0.39, 0.29) is 16.5 Å². The fourth-order valence-electron chi connectivity index (χ4n) is 2.64. The van der Waals surface area contributed by atoms with Gasteiger partial charge in [0.1, 0.15) is 22.6 Å². The Bertz CT molecular complexity index is 1110. The van der Waals surface area contributed by atoms with E-state index >= 15 is 0 Å². The van der Waals surface area contributed by atoms with Crippen LogP contribution in [0.5, 0.6) is 0 Å². The van der Waals surface area contributed by atoms with Crippen molar-refractivity contribution in [2.75, 3.05) is 5.32 Å². The molecular weight excluding hydrogens is 379 g/mol. The van der Waals surface area contributed by atoms with Crippen LogP contribution < -0.4 is 5.32 Å². The Kier molecular flexibility index (Phi) is 5.57. The van der Waals surface area contributed by atoms with Crippen LogP contribution in [0.1, 0.15) is 16.8 Å². The van der Waals surface area contributed by atoms with Gasteiger partial charge in [0, 0.05) is 11.3 Å². The highest BCUT2D eigenvalue weighted by atomic mass is 35.5. The van der Waals surface area contributed by atoms with Crippen molar-refractivity contribution < 1.29 is 9.18 Å². The molecule has 0 radical (unpaired) electrons. The average molecular weight is 395 g/mol. The van der Waals surface area contributed by atoms with Crippen LogP contribution in [0.3, 0.4) is 0 Å². The van der Waals surface area contributed by atoms with Crippen LogP contribution in [0.25, 0.3) is 11.8 Å². The minimum Gasteiger partial charge on any atom is -0.321 e. The maximum absolute atomic E-state index is 13.1. The molecule has 140 valence electrons. The van der Waals surface area contributed by atoms with Crippen molar-refractivity contribution in [1.29, 1.82) is 5.26 Å². The second-order valence-electron chi connectivity index (χ2n) is 6.17. The molecule has 0 fully saturated rings. The lowest BCUT2D eigenvalue weighted by molar-refractivity contribution is -0.112. The van der Waals surface area contributed by atoms with E-state index in [1.54, 1.807) is 19.1 Å². The van der Waals surface area contributed by atoms with E-state index in [1.807, 2.05) is 25.1 Å². The third-order valence-corrected chi connectivity index (χ3v) is 4.41. The van der Waals surface area contributed by atoms with Gasteiger partial charge in [-0.3, -0.25) is 4.79 Å². The molecule has 0 atom stereocenters. The fourth-order valence-corrected chi connectivity index (χ4v) is 2.97. The normalized spacial score (nSPS) is 11.2. The lowest BCUT2D eigenvalue weighted by Crippen LogP contribution is -2.13. The zero-order valence-electron chi connectivity index (χ0n) is 15.2. The molecule has 0 bridgehead atoms. The van der Waals surface area contributed by atoms with Gasteiger partial charge in [0.2, 0.25) is 0 Å². The Morgan fingerprint density at radius 1 is 1.25 bits per heavy atom. The number of aryl methyl sites for hydroxylation is 2. The van der Waals surface area contributed by atoms with Crippen LogP contribution in [0.15, 0.2) is 54.1 Å². The number of halogens is 2. The molecule has 0 spiro atoms. The first kappa shape index (κ1) is 19.3. The molecule has 0 aliphatic rings. The molecule has 7 heteroatoms. The summed E-state index contributed by atoms with van der Waals surface area (Å²) in [6, 6.07) is 14.8. The number of nitriles is 1. The van der Waals surface area contributed by atoms with Gasteiger partial charge in [-0.1, -0.05) is 23.7 Å². The van der Waals surface area contributed by atoms with Gasteiger partial charge in [0.05, 0.1) is 11.4 Å². The van der Waals surface area contributed by atoms with E-state index in [2.05, 4.69) is 10.4 Å². The first-order chi connectivity index (χ1) is 13.4. The first-order valence-electron chi connectivity index (χ1n) is 8.40. The number of hydrogen-bond acceptors (Lipinski definition) is 3. The van der Waals surface area contributed by atoms with Crippen LogP contribution >= 0.6 is 11.6 Å². The van der Waals surface area contributed by atoms with Crippen LogP contribution in [0.2, 0.25) is 5.15 Å². The summed E-state index contributed by atoms with van der Waals surface area (Å²) >= 11 is 6.41. The van der Waals surface area contributed by atoms with E-state index in [9.17, 15) is 14.4 Å². The van der Waals surface area contributed by atoms with Gasteiger partial charge in [0.15, 0.2) is 0 Å². The second-order valence-corrected chi connectivity index (χ2v) is 6.53. The lowest BCUT2D eigenvalue weighted by Gasteiger charge is -2.05. The number of anilines is 1. The number of aromatic nitrogens is 2. The largest absolute Gasteiger partial charge is 0.321 e. The van der Waals surface area contributed by atoms with Gasteiger partial charge in [-0.2, -0.15) is 10.4 Å². The maximum atomic E-state index is 13.1. The highest BCUT2D eigenvalue weighted by Crippen LogP contribution is 2.26. The van der Waals surface area contributed by atoms with Crippen molar-refractivity contribution in [3.05, 3.63) is 81.9 Å². The van der Waals surface area contributed by atoms with Crippen molar-refractivity contribution in [1.82, 2.24) is 9.78 Å². The Morgan fingerprint density at radius 2 is 1.96 bits per heavy atom. The molecule has 3 rings (SSSR count). The molecule has 1 heterocycles. The predicted octanol–water partition coefficient (Wildman–Crippen LogP) is 4.83. The summed E-state index contributed by atoms with van der Waals surface area (Å²) in [5, 5.41) is 16.7. The lowest BCUT2D eigenvalue weighted by atomic mass is 10.1. The summed E-state index contributed by atoms with van der Waals surface area (Å²) < 4.78 is 14.6. The van der Waals surface area contributed by atoms with Gasteiger partial charge in [-0.15, -0.1) is 0 Å². The van der Waals surface area contributed by atoms with Crippen molar-refractivity contribution in [2.24, 2.45) is 0 Å². The minimum atomic E-state index is -0.543. The van der Waals surface area contributed by atoms with E-state index in [1.165, 1.54) is 35.0 Å². The first-order valence-corrected chi connectivity index (χ1v) is 8.77. The third kappa shape index (κ3) is 4.11. The summed E-state index contributed by atoms with van der Waals surface area (Å²) in [4.78, 5) is 12.5. The average Bonchev–Trinajstić information content (AvgIpc) is 2.94. The zero-order valence-corrected chi connectivity index (χ0v) is 16.0. The highest BCUT2D eigenvalue weighted by Gasteiger charge is 2.17. The van der Waals surface area contributed by atoms with E-state index in [0.717, 1.165) is 5.56 Å². The van der Waals surface area contributed by atoms with Gasteiger partial charge >= 0.3 is 0 Å². The number of amides is 1. The highest BCUT2D eigenvalue weighted by molar-refractivity contribution is 6.31. The summed E-state index contributed by atoms with van der Waals surface area (Å²) in [5.74, 6) is -0.915. The van der Waals surface area contributed by atoms with Crippen molar-refractivity contribution in [3.63, 3.8) is 0 Å². The summed E-state index contributed by atoms with van der Waals surface area (Å²) in [6.45, 7) is 3.62. The van der Waals surface area contributed by atoms with Crippen LogP contribution in [0, 0.1) is 31.0 Å². The van der Waals surface area contributed by atoms with Crippen molar-refractivity contribution in [3.8, 4) is 11.8 Å². The van der Waals surface area contributed by atoms with E-state index in [4.69, 9.17) is 11.6 Å². The summed E-state index contributed by atoms with van der Waals surface area (Å²) in [7, 11) is 0. The Balaban J connectivity index is 1.93. The molecule has 2 aromatic carbocycles. The SMILES string of the molecule is Cc1cccc(NC(=O)/C(C#N)=C/c2c(C)nn(-c3ccc(F)cc3)c2Cl)c1. The van der Waals surface area contributed by atoms with Crippen molar-refractivity contribution in [2.45, 2.75) is 13.8 Å². The Morgan fingerprint density at radius 3 is 2.61 bits per heavy atom. The standard InChI is InChI=1S/C21H16ClFN4O/c1-13-4-3-5-17(10-13)25-21(28)15(12-24)11-19-14(2)26-27(20(19)22)18-8-6-16(23)7-9-18/h3-11H,1-2H3,(H,25,28)/b15-11+. The smallest absolute Gasteiger partial charge is 0.266 e. The van der Waals surface area contributed by atoms with Crippen LogP contribution in [-0.4, -0.2) is 15.7 Å². The maximum Gasteiger partial charge on any atom is 0.266 e. The summed E-state index contributed by atoms with van der Waals surface area (Å²) in [6.07, 6.45) is 1.40. The van der Waals surface area contributed by atoms with Gasteiger partial charge in [-0.05, 0) is 61.9 Å². The molecule has 1 amide bonds. The van der Waals surface area contributed by atoms with Gasteiger partial charge < -0.3 is 5.32 Å². The molecule has 3 aromatic rings. The van der Waals surface area contributed by atoms with Crippen LogP contribution in [-0.2, 0) is 4.79 Å². The number of nitrogens with one attached hydrogen (secondary N) is 1. The molecule has 0 aliphatic carbocycles. The van der Waals surface area contributed by atoms with E-state index < -0.39 is 5.91 Å². The molecule has 0 saturated carbocycles. The quantitative estimate of drug-likeness (QED) is 0.509. The zero-order chi connectivity index (χ0) is 20.3. The van der Waals surface area contributed by atoms with Gasteiger partial charge in [0.25, 0.3) is 5.91 Å². The molecule has 28 heavy (non-hydrogen) atoms. The summed E-state index contributed by atoms with van der Waals surface area (Å²) in [5.41, 5.74) is 3.02. The molecular formula is C21H16ClFN4O. The van der Waals surface area contributed by atoms with Gasteiger partial charge in [-0.25, -0.2) is 9.07 Å². The predicted molar refractivity (Wildman–Crippen MR) is 107 cm³/mol. The monoisotopic (exact) mass is 394 g/mol. The molecule has 1 aromatic heterocycles. The number of benzene rings is 2. The molecule has 0 saturated heterocycles. The number of nitrogens with zero attached hydrogens (tertiary/aromatic N) is 3. The second kappa shape index (κ2) is 8.07. The minimum absolute atomic E-state index is 0.106. The van der Waals surface area contributed by atoms with E-state index in [0.29, 0.717) is 22.6 Å². The number of hydrogen-bond donors (Lipinski definition) is 1. The Labute approximate surface area is 166 Å². The molecule has 1 N–H and O–H groups in total. The molecule has 5 nitrogen and oxygen atoms in total. The molecule has 0 unspecified atom stereocenters. The number of carbonyl (C=O) groups excluding carboxylic acids is 1. The Hall–Kier alpha value is -3.43. The van der Waals surface area contributed by atoms with Crippen LogP contribution in [0.4, 0.5) is 10.1 Å². The number of rotatable bonds is 4.